The monoisotopic (exact) mass is 449 g/mol. The molecule has 0 unspecified atom stereocenters. The molecule has 3 rings (SSSR count). The van der Waals surface area contributed by atoms with E-state index in [1.165, 1.54) is 0 Å². The molecule has 0 bridgehead atoms. The lowest BCUT2D eigenvalue weighted by Gasteiger charge is -2.11. The summed E-state index contributed by atoms with van der Waals surface area (Å²) in [4.78, 5) is 29.7. The highest BCUT2D eigenvalue weighted by atomic mass is 79.9. The Morgan fingerprint density at radius 2 is 1.62 bits per heavy atom. The normalized spacial score (nSPS) is 11.1. The second-order valence-electron chi connectivity index (χ2n) is 6.60. The first-order chi connectivity index (χ1) is 13.9. The Morgan fingerprint density at radius 3 is 2.28 bits per heavy atom. The molecular formula is C23H20BrN3O2. The molecule has 2 amide bonds. The number of nitrogens with zero attached hydrogens (tertiary/aromatic N) is 1. The minimum atomic E-state index is -0.452. The van der Waals surface area contributed by atoms with E-state index in [0.29, 0.717) is 11.4 Å². The SMILES string of the molecule is Cc1ccc(C(=O)NC(=Cc2ccc(Br)cc2)C(=O)Nc2cc(C)ccn2)cc1. The van der Waals surface area contributed by atoms with Crippen LogP contribution in [0.15, 0.2) is 77.0 Å². The number of nitrogens with one attached hydrogen (secondary N) is 2. The van der Waals surface area contributed by atoms with Crippen LogP contribution in [0.3, 0.4) is 0 Å². The van der Waals surface area contributed by atoms with E-state index in [9.17, 15) is 9.59 Å². The quantitative estimate of drug-likeness (QED) is 0.545. The highest BCUT2D eigenvalue weighted by Gasteiger charge is 2.15. The smallest absolute Gasteiger partial charge is 0.273 e. The van der Waals surface area contributed by atoms with E-state index in [4.69, 9.17) is 0 Å². The zero-order chi connectivity index (χ0) is 20.8. The summed E-state index contributed by atoms with van der Waals surface area (Å²) in [6, 6.07) is 18.2. The third-order valence-electron chi connectivity index (χ3n) is 4.14. The van der Waals surface area contributed by atoms with Gasteiger partial charge in [0.25, 0.3) is 11.8 Å². The van der Waals surface area contributed by atoms with Gasteiger partial charge in [0.15, 0.2) is 0 Å². The topological polar surface area (TPSA) is 71.1 Å². The van der Waals surface area contributed by atoms with Crippen molar-refractivity contribution in [3.05, 3.63) is 99.3 Å². The number of aryl methyl sites for hydroxylation is 2. The molecule has 3 aromatic rings. The van der Waals surface area contributed by atoms with Crippen LogP contribution in [-0.4, -0.2) is 16.8 Å². The standard InChI is InChI=1S/C23H20BrN3O2/c1-15-3-7-18(8-4-15)22(28)26-20(14-17-5-9-19(24)10-6-17)23(29)27-21-13-16(2)11-12-25-21/h3-14H,1-2H3,(H,26,28)(H,25,27,29). The van der Waals surface area contributed by atoms with Gasteiger partial charge in [0, 0.05) is 16.2 Å². The summed E-state index contributed by atoms with van der Waals surface area (Å²) >= 11 is 3.39. The molecular weight excluding hydrogens is 430 g/mol. The van der Waals surface area contributed by atoms with Crippen LogP contribution in [0.2, 0.25) is 0 Å². The van der Waals surface area contributed by atoms with Crippen molar-refractivity contribution in [1.29, 1.82) is 0 Å². The van der Waals surface area contributed by atoms with Crippen LogP contribution in [0, 0.1) is 13.8 Å². The zero-order valence-electron chi connectivity index (χ0n) is 16.1. The number of amides is 2. The van der Waals surface area contributed by atoms with Crippen molar-refractivity contribution in [2.24, 2.45) is 0 Å². The first kappa shape index (κ1) is 20.5. The van der Waals surface area contributed by atoms with E-state index in [1.54, 1.807) is 30.5 Å². The van der Waals surface area contributed by atoms with Gasteiger partial charge in [-0.1, -0.05) is 45.8 Å². The number of pyridine rings is 1. The Kier molecular flexibility index (Phi) is 6.57. The van der Waals surface area contributed by atoms with Gasteiger partial charge < -0.3 is 10.6 Å². The Hall–Kier alpha value is -3.25. The van der Waals surface area contributed by atoms with Gasteiger partial charge in [-0.05, 0) is 67.4 Å². The third kappa shape index (κ3) is 5.86. The van der Waals surface area contributed by atoms with E-state index in [-0.39, 0.29) is 11.6 Å². The number of halogens is 1. The first-order valence-electron chi connectivity index (χ1n) is 9.00. The molecule has 2 aromatic carbocycles. The first-order valence-corrected chi connectivity index (χ1v) is 9.79. The van der Waals surface area contributed by atoms with Gasteiger partial charge in [-0.25, -0.2) is 4.98 Å². The van der Waals surface area contributed by atoms with E-state index in [2.05, 4.69) is 31.5 Å². The van der Waals surface area contributed by atoms with E-state index < -0.39 is 5.91 Å². The fourth-order valence-electron chi connectivity index (χ4n) is 2.57. The van der Waals surface area contributed by atoms with Gasteiger partial charge in [-0.15, -0.1) is 0 Å². The molecule has 0 fully saturated rings. The lowest BCUT2D eigenvalue weighted by molar-refractivity contribution is -0.113. The lowest BCUT2D eigenvalue weighted by Crippen LogP contribution is -2.31. The van der Waals surface area contributed by atoms with Crippen LogP contribution in [-0.2, 0) is 4.79 Å². The number of hydrogen-bond donors (Lipinski definition) is 2. The van der Waals surface area contributed by atoms with Crippen molar-refractivity contribution in [1.82, 2.24) is 10.3 Å². The molecule has 0 aliphatic heterocycles. The molecule has 5 nitrogen and oxygen atoms in total. The fraction of sp³-hybridized carbons (Fsp3) is 0.0870. The number of carbonyl (C=O) groups is 2. The van der Waals surface area contributed by atoms with Gasteiger partial charge in [0.1, 0.15) is 11.5 Å². The number of anilines is 1. The molecule has 6 heteroatoms. The highest BCUT2D eigenvalue weighted by Crippen LogP contribution is 2.14. The average Bonchev–Trinajstić information content (AvgIpc) is 2.69. The minimum absolute atomic E-state index is 0.126. The van der Waals surface area contributed by atoms with Crippen LogP contribution in [0.25, 0.3) is 6.08 Å². The molecule has 0 atom stereocenters. The molecule has 1 aromatic heterocycles. The van der Waals surface area contributed by atoms with Gasteiger partial charge >= 0.3 is 0 Å². The van der Waals surface area contributed by atoms with Crippen molar-refractivity contribution >= 4 is 39.6 Å². The summed E-state index contributed by atoms with van der Waals surface area (Å²) in [5, 5.41) is 5.46. The van der Waals surface area contributed by atoms with Crippen molar-refractivity contribution in [2.75, 3.05) is 5.32 Å². The van der Waals surface area contributed by atoms with Crippen LogP contribution in [0.4, 0.5) is 5.82 Å². The fourth-order valence-corrected chi connectivity index (χ4v) is 2.84. The summed E-state index contributed by atoms with van der Waals surface area (Å²) in [6.45, 7) is 3.86. The van der Waals surface area contributed by atoms with Gasteiger partial charge in [-0.2, -0.15) is 0 Å². The molecule has 0 saturated heterocycles. The lowest BCUT2D eigenvalue weighted by atomic mass is 10.1. The van der Waals surface area contributed by atoms with Crippen LogP contribution >= 0.6 is 15.9 Å². The molecule has 146 valence electrons. The summed E-state index contributed by atoms with van der Waals surface area (Å²) in [6.07, 6.45) is 3.25. The second-order valence-corrected chi connectivity index (χ2v) is 7.52. The Bertz CT molecular complexity index is 1060. The summed E-state index contributed by atoms with van der Waals surface area (Å²) in [5.74, 6) is -0.395. The molecule has 0 saturated carbocycles. The van der Waals surface area contributed by atoms with E-state index in [1.807, 2.05) is 56.3 Å². The summed E-state index contributed by atoms with van der Waals surface area (Å²) < 4.78 is 0.924. The van der Waals surface area contributed by atoms with Gasteiger partial charge in [-0.3, -0.25) is 9.59 Å². The van der Waals surface area contributed by atoms with Crippen molar-refractivity contribution in [3.63, 3.8) is 0 Å². The van der Waals surface area contributed by atoms with Crippen molar-refractivity contribution in [3.8, 4) is 0 Å². The second kappa shape index (κ2) is 9.30. The number of benzene rings is 2. The summed E-state index contributed by atoms with van der Waals surface area (Å²) in [5.41, 5.74) is 3.40. The van der Waals surface area contributed by atoms with Crippen LogP contribution in [0.1, 0.15) is 27.0 Å². The zero-order valence-corrected chi connectivity index (χ0v) is 17.7. The largest absolute Gasteiger partial charge is 0.317 e. The molecule has 1 heterocycles. The Morgan fingerprint density at radius 1 is 0.931 bits per heavy atom. The molecule has 0 aliphatic rings. The Balaban J connectivity index is 1.88. The highest BCUT2D eigenvalue weighted by molar-refractivity contribution is 9.10. The van der Waals surface area contributed by atoms with Gasteiger partial charge in [0.05, 0.1) is 0 Å². The minimum Gasteiger partial charge on any atom is -0.317 e. The number of aromatic nitrogens is 1. The molecule has 29 heavy (non-hydrogen) atoms. The van der Waals surface area contributed by atoms with E-state index >= 15 is 0 Å². The number of hydrogen-bond acceptors (Lipinski definition) is 3. The predicted molar refractivity (Wildman–Crippen MR) is 118 cm³/mol. The molecule has 0 aliphatic carbocycles. The molecule has 0 spiro atoms. The molecule has 0 radical (unpaired) electrons. The molecule has 2 N–H and O–H groups in total. The maximum absolute atomic E-state index is 12.9. The summed E-state index contributed by atoms with van der Waals surface area (Å²) in [7, 11) is 0. The van der Waals surface area contributed by atoms with Crippen LogP contribution < -0.4 is 10.6 Å². The third-order valence-corrected chi connectivity index (χ3v) is 4.67. The maximum Gasteiger partial charge on any atom is 0.273 e. The van der Waals surface area contributed by atoms with Gasteiger partial charge in [0.2, 0.25) is 0 Å². The number of carbonyl (C=O) groups excluding carboxylic acids is 2. The Labute approximate surface area is 178 Å². The maximum atomic E-state index is 12.9. The number of rotatable bonds is 5. The van der Waals surface area contributed by atoms with E-state index in [0.717, 1.165) is 21.2 Å². The van der Waals surface area contributed by atoms with Crippen molar-refractivity contribution in [2.45, 2.75) is 13.8 Å². The van der Waals surface area contributed by atoms with Crippen LogP contribution in [0.5, 0.6) is 0 Å². The van der Waals surface area contributed by atoms with Crippen molar-refractivity contribution < 1.29 is 9.59 Å². The predicted octanol–water partition coefficient (Wildman–Crippen LogP) is 4.87. The average molecular weight is 450 g/mol.